The normalized spacial score (nSPS) is 23.1. The predicted molar refractivity (Wildman–Crippen MR) is 114 cm³/mol. The SMILES string of the molecule is CCC1(C(C)O)CCC(C)N1CC(=O)c1cc(C)n(-c2ccc(C#N)cc2)c1C. The van der Waals surface area contributed by atoms with Crippen LogP contribution in [0, 0.1) is 25.2 Å². The van der Waals surface area contributed by atoms with Gasteiger partial charge in [-0.05, 0) is 77.3 Å². The number of nitrogens with zero attached hydrogens (tertiary/aromatic N) is 3. The molecule has 0 amide bonds. The number of carbonyl (C=O) groups excluding carboxylic acids is 1. The third-order valence-electron chi connectivity index (χ3n) is 6.79. The molecular weight excluding hydrogens is 362 g/mol. The lowest BCUT2D eigenvalue weighted by molar-refractivity contribution is -0.00974. The van der Waals surface area contributed by atoms with Crippen molar-refractivity contribution in [3.63, 3.8) is 0 Å². The maximum absolute atomic E-state index is 13.3. The zero-order valence-electron chi connectivity index (χ0n) is 18.1. The Morgan fingerprint density at radius 3 is 2.55 bits per heavy atom. The van der Waals surface area contributed by atoms with Crippen molar-refractivity contribution in [2.75, 3.05) is 6.54 Å². The van der Waals surface area contributed by atoms with Gasteiger partial charge in [-0.3, -0.25) is 9.69 Å². The van der Waals surface area contributed by atoms with Gasteiger partial charge in [-0.1, -0.05) is 6.92 Å². The van der Waals surface area contributed by atoms with Gasteiger partial charge in [-0.15, -0.1) is 0 Å². The topological polar surface area (TPSA) is 69.3 Å². The zero-order valence-corrected chi connectivity index (χ0v) is 18.1. The van der Waals surface area contributed by atoms with E-state index in [9.17, 15) is 9.90 Å². The second-order valence-corrected chi connectivity index (χ2v) is 8.35. The lowest BCUT2D eigenvalue weighted by atomic mass is 9.87. The molecule has 3 atom stereocenters. The Hall–Kier alpha value is -2.42. The first-order valence-corrected chi connectivity index (χ1v) is 10.4. The van der Waals surface area contributed by atoms with Crippen LogP contribution in [0.25, 0.3) is 5.69 Å². The Balaban J connectivity index is 1.91. The van der Waals surface area contributed by atoms with Gasteiger partial charge in [0.15, 0.2) is 5.78 Å². The monoisotopic (exact) mass is 393 g/mol. The second-order valence-electron chi connectivity index (χ2n) is 8.35. The van der Waals surface area contributed by atoms with Gasteiger partial charge in [-0.2, -0.15) is 5.26 Å². The number of likely N-dealkylation sites (tertiary alicyclic amines) is 1. The summed E-state index contributed by atoms with van der Waals surface area (Å²) >= 11 is 0. The molecular formula is C24H31N3O2. The molecule has 3 rings (SSSR count). The van der Waals surface area contributed by atoms with E-state index in [1.165, 1.54) is 0 Å². The van der Waals surface area contributed by atoms with Crippen LogP contribution in [0.2, 0.25) is 0 Å². The molecule has 0 saturated carbocycles. The van der Waals surface area contributed by atoms with E-state index in [0.717, 1.165) is 41.9 Å². The standard InChI is InChI=1S/C24H31N3O2/c1-6-24(19(5)28)12-11-16(2)26(24)15-23(29)22-13-17(3)27(18(22)4)21-9-7-20(14-25)8-10-21/h7-10,13,16,19,28H,6,11-12,15H2,1-5H3. The summed E-state index contributed by atoms with van der Waals surface area (Å²) in [6.45, 7) is 10.4. The van der Waals surface area contributed by atoms with Crippen LogP contribution in [0.5, 0.6) is 0 Å². The van der Waals surface area contributed by atoms with Crippen LogP contribution in [-0.2, 0) is 0 Å². The molecule has 0 radical (unpaired) electrons. The van der Waals surface area contributed by atoms with E-state index in [0.29, 0.717) is 12.1 Å². The highest BCUT2D eigenvalue weighted by Crippen LogP contribution is 2.39. The molecule has 1 aliphatic heterocycles. The van der Waals surface area contributed by atoms with E-state index in [-0.39, 0.29) is 17.4 Å². The molecule has 5 heteroatoms. The number of hydrogen-bond acceptors (Lipinski definition) is 4. The third-order valence-corrected chi connectivity index (χ3v) is 6.79. The van der Waals surface area contributed by atoms with E-state index < -0.39 is 6.10 Å². The van der Waals surface area contributed by atoms with Gasteiger partial charge >= 0.3 is 0 Å². The lowest BCUT2D eigenvalue weighted by Gasteiger charge is -2.42. The van der Waals surface area contributed by atoms with Gasteiger partial charge in [0.05, 0.1) is 24.3 Å². The number of aliphatic hydroxyl groups excluding tert-OH is 1. The minimum Gasteiger partial charge on any atom is -0.391 e. The van der Waals surface area contributed by atoms with E-state index in [2.05, 4.69) is 29.4 Å². The Labute approximate surface area is 173 Å². The molecule has 1 aromatic heterocycles. The highest BCUT2D eigenvalue weighted by molar-refractivity contribution is 5.99. The number of Topliss-reactive ketones (excluding diaryl/α,β-unsaturated/α-hetero) is 1. The van der Waals surface area contributed by atoms with E-state index in [1.54, 1.807) is 12.1 Å². The van der Waals surface area contributed by atoms with Crippen molar-refractivity contribution in [1.29, 1.82) is 5.26 Å². The van der Waals surface area contributed by atoms with Crippen molar-refractivity contribution in [3.8, 4) is 11.8 Å². The maximum Gasteiger partial charge on any atom is 0.178 e. The number of aryl methyl sites for hydroxylation is 1. The van der Waals surface area contributed by atoms with Crippen LogP contribution in [0.1, 0.15) is 67.3 Å². The summed E-state index contributed by atoms with van der Waals surface area (Å²) < 4.78 is 2.06. The smallest absolute Gasteiger partial charge is 0.178 e. The van der Waals surface area contributed by atoms with Crippen molar-refractivity contribution >= 4 is 5.78 Å². The van der Waals surface area contributed by atoms with Crippen LogP contribution in [0.3, 0.4) is 0 Å². The molecule has 3 unspecified atom stereocenters. The number of aromatic nitrogens is 1. The minimum atomic E-state index is -0.476. The fourth-order valence-electron chi connectivity index (χ4n) is 5.00. The Kier molecular flexibility index (Phi) is 5.97. The summed E-state index contributed by atoms with van der Waals surface area (Å²) in [7, 11) is 0. The van der Waals surface area contributed by atoms with Crippen LogP contribution in [-0.4, -0.2) is 44.6 Å². The lowest BCUT2D eigenvalue weighted by Crippen LogP contribution is -2.54. The van der Waals surface area contributed by atoms with Crippen molar-refractivity contribution < 1.29 is 9.90 Å². The van der Waals surface area contributed by atoms with E-state index >= 15 is 0 Å². The number of carbonyl (C=O) groups is 1. The summed E-state index contributed by atoms with van der Waals surface area (Å²) in [4.78, 5) is 15.5. The van der Waals surface area contributed by atoms with Crippen molar-refractivity contribution in [1.82, 2.24) is 9.47 Å². The molecule has 154 valence electrons. The van der Waals surface area contributed by atoms with E-state index in [1.807, 2.05) is 39.0 Å². The van der Waals surface area contributed by atoms with E-state index in [4.69, 9.17) is 5.26 Å². The quantitative estimate of drug-likeness (QED) is 0.748. The van der Waals surface area contributed by atoms with Crippen LogP contribution in [0.4, 0.5) is 0 Å². The molecule has 1 aliphatic rings. The number of benzene rings is 1. The largest absolute Gasteiger partial charge is 0.391 e. The number of aliphatic hydroxyl groups is 1. The third kappa shape index (κ3) is 3.63. The van der Waals surface area contributed by atoms with Crippen molar-refractivity contribution in [2.24, 2.45) is 0 Å². The van der Waals surface area contributed by atoms with Gasteiger partial charge in [-0.25, -0.2) is 0 Å². The highest BCUT2D eigenvalue weighted by Gasteiger charge is 2.47. The number of rotatable bonds is 6. The molecule has 0 bridgehead atoms. The summed E-state index contributed by atoms with van der Waals surface area (Å²) in [5.74, 6) is 0.0882. The summed E-state index contributed by atoms with van der Waals surface area (Å²) in [6, 6.07) is 11.8. The van der Waals surface area contributed by atoms with Crippen LogP contribution < -0.4 is 0 Å². The predicted octanol–water partition coefficient (Wildman–Crippen LogP) is 4.16. The number of nitriles is 1. The minimum absolute atomic E-state index is 0.0882. The molecule has 0 spiro atoms. The van der Waals surface area contributed by atoms with Gasteiger partial charge < -0.3 is 9.67 Å². The Bertz CT molecular complexity index is 936. The molecule has 0 aliphatic carbocycles. The first-order valence-electron chi connectivity index (χ1n) is 10.4. The molecule has 5 nitrogen and oxygen atoms in total. The zero-order chi connectivity index (χ0) is 21.3. The van der Waals surface area contributed by atoms with Crippen LogP contribution in [0.15, 0.2) is 30.3 Å². The highest BCUT2D eigenvalue weighted by atomic mass is 16.3. The summed E-state index contributed by atoms with van der Waals surface area (Å²) in [5, 5.41) is 19.5. The Morgan fingerprint density at radius 1 is 1.34 bits per heavy atom. The molecule has 1 saturated heterocycles. The molecule has 29 heavy (non-hydrogen) atoms. The average Bonchev–Trinajstić information content (AvgIpc) is 3.19. The average molecular weight is 394 g/mol. The fourth-order valence-corrected chi connectivity index (χ4v) is 5.00. The summed E-state index contributed by atoms with van der Waals surface area (Å²) in [6.07, 6.45) is 2.26. The molecule has 1 N–H and O–H groups in total. The molecule has 1 aromatic carbocycles. The number of hydrogen-bond donors (Lipinski definition) is 1. The van der Waals surface area contributed by atoms with Gasteiger partial charge in [0.1, 0.15) is 0 Å². The van der Waals surface area contributed by atoms with Gasteiger partial charge in [0.2, 0.25) is 0 Å². The first kappa shape index (κ1) is 21.3. The Morgan fingerprint density at radius 2 is 2.00 bits per heavy atom. The second kappa shape index (κ2) is 8.14. The van der Waals surface area contributed by atoms with Crippen molar-refractivity contribution in [2.45, 2.75) is 71.6 Å². The summed E-state index contributed by atoms with van der Waals surface area (Å²) in [5.41, 5.74) is 3.85. The molecule has 2 aromatic rings. The molecule has 1 fully saturated rings. The number of ketones is 1. The van der Waals surface area contributed by atoms with Gasteiger partial charge in [0.25, 0.3) is 0 Å². The van der Waals surface area contributed by atoms with Crippen LogP contribution >= 0.6 is 0 Å². The van der Waals surface area contributed by atoms with Crippen molar-refractivity contribution in [3.05, 3.63) is 52.8 Å². The maximum atomic E-state index is 13.3. The first-order chi connectivity index (χ1) is 13.7. The fraction of sp³-hybridized carbons (Fsp3) is 0.500. The van der Waals surface area contributed by atoms with Gasteiger partial charge in [0, 0.05) is 34.2 Å². The molecule has 2 heterocycles.